The molecule has 2 heterocycles. The molecule has 1 aromatic heterocycles. The Morgan fingerprint density at radius 1 is 1.38 bits per heavy atom. The third-order valence-corrected chi connectivity index (χ3v) is 6.08. The molecule has 0 radical (unpaired) electrons. The Labute approximate surface area is 157 Å². The van der Waals surface area contributed by atoms with Gasteiger partial charge in [-0.2, -0.15) is 0 Å². The van der Waals surface area contributed by atoms with E-state index >= 15 is 0 Å². The predicted molar refractivity (Wildman–Crippen MR) is 101 cm³/mol. The van der Waals surface area contributed by atoms with Crippen LogP contribution in [0.4, 0.5) is 4.39 Å². The van der Waals surface area contributed by atoms with Gasteiger partial charge in [-0.1, -0.05) is 24.8 Å². The first-order chi connectivity index (χ1) is 12.5. The lowest BCUT2D eigenvalue weighted by atomic mass is 9.95. The van der Waals surface area contributed by atoms with E-state index in [9.17, 15) is 9.18 Å². The Balaban J connectivity index is 1.63. The summed E-state index contributed by atoms with van der Waals surface area (Å²) in [6, 6.07) is 8.21. The average Bonchev–Trinajstić information content (AvgIpc) is 3.37. The molecule has 0 saturated heterocycles. The molecule has 5 heteroatoms. The highest BCUT2D eigenvalue weighted by Gasteiger charge is 2.40. The molecule has 136 valence electrons. The van der Waals surface area contributed by atoms with Crippen LogP contribution in [0.1, 0.15) is 41.8 Å². The lowest BCUT2D eigenvalue weighted by Crippen LogP contribution is -2.38. The molecule has 0 amide bonds. The summed E-state index contributed by atoms with van der Waals surface area (Å²) in [5.74, 6) is 0.612. The second-order valence-corrected chi connectivity index (χ2v) is 8.24. The highest BCUT2D eigenvalue weighted by molar-refractivity contribution is 7.14. The predicted octanol–water partition coefficient (Wildman–Crippen LogP) is 4.88. The van der Waals surface area contributed by atoms with E-state index in [1.165, 1.54) is 16.5 Å². The number of nitrogens with zero attached hydrogens (tertiary/aromatic N) is 1. The zero-order chi connectivity index (χ0) is 18.3. The Morgan fingerprint density at radius 3 is 2.85 bits per heavy atom. The molecule has 1 fully saturated rings. The van der Waals surface area contributed by atoms with Crippen LogP contribution >= 0.6 is 11.3 Å². The van der Waals surface area contributed by atoms with E-state index in [1.807, 2.05) is 19.1 Å². The van der Waals surface area contributed by atoms with Crippen molar-refractivity contribution in [1.82, 2.24) is 4.90 Å². The molecule has 0 spiro atoms. The molecular formula is C21H22FNO2S. The smallest absolute Gasteiger partial charge is 0.180 e. The van der Waals surface area contributed by atoms with E-state index in [-0.39, 0.29) is 17.5 Å². The van der Waals surface area contributed by atoms with Crippen molar-refractivity contribution in [1.29, 1.82) is 0 Å². The third-order valence-electron chi connectivity index (χ3n) is 4.96. The van der Waals surface area contributed by atoms with Crippen LogP contribution in [0.2, 0.25) is 0 Å². The van der Waals surface area contributed by atoms with Crippen molar-refractivity contribution in [2.75, 3.05) is 6.54 Å². The first-order valence-corrected chi connectivity index (χ1v) is 9.81. The number of hydrogen-bond acceptors (Lipinski definition) is 4. The third kappa shape index (κ3) is 3.46. The van der Waals surface area contributed by atoms with Gasteiger partial charge in [0.25, 0.3) is 0 Å². The van der Waals surface area contributed by atoms with Crippen molar-refractivity contribution < 1.29 is 13.9 Å². The number of ether oxygens (including phenoxy) is 1. The van der Waals surface area contributed by atoms with Crippen molar-refractivity contribution in [3.63, 3.8) is 0 Å². The van der Waals surface area contributed by atoms with Crippen molar-refractivity contribution >= 4 is 17.1 Å². The molecule has 3 nitrogen and oxygen atoms in total. The number of Topliss-reactive ketones (excluding diaryl/α,β-unsaturated/α-hetero) is 1. The second-order valence-electron chi connectivity index (χ2n) is 7.14. The zero-order valence-corrected chi connectivity index (χ0v) is 15.7. The van der Waals surface area contributed by atoms with Crippen LogP contribution in [0, 0.1) is 11.7 Å². The molecule has 1 unspecified atom stereocenters. The lowest BCUT2D eigenvalue weighted by Gasteiger charge is -2.34. The topological polar surface area (TPSA) is 29.5 Å². The zero-order valence-electron chi connectivity index (χ0n) is 14.8. The van der Waals surface area contributed by atoms with Gasteiger partial charge in [-0.25, -0.2) is 4.39 Å². The monoisotopic (exact) mass is 371 g/mol. The van der Waals surface area contributed by atoms with Gasteiger partial charge in [-0.05, 0) is 43.9 Å². The van der Waals surface area contributed by atoms with Crippen LogP contribution in [-0.4, -0.2) is 17.2 Å². The highest BCUT2D eigenvalue weighted by Crippen LogP contribution is 2.41. The number of carbonyl (C=O) groups excluding carboxylic acids is 1. The van der Waals surface area contributed by atoms with Gasteiger partial charge in [0.15, 0.2) is 10.8 Å². The molecule has 1 atom stereocenters. The van der Waals surface area contributed by atoms with Gasteiger partial charge >= 0.3 is 0 Å². The second kappa shape index (κ2) is 6.97. The van der Waals surface area contributed by atoms with Crippen molar-refractivity contribution in [2.24, 2.45) is 5.92 Å². The fourth-order valence-corrected chi connectivity index (χ4v) is 4.66. The molecule has 2 aromatic rings. The van der Waals surface area contributed by atoms with Crippen LogP contribution in [0.3, 0.4) is 0 Å². The molecule has 4 rings (SSSR count). The summed E-state index contributed by atoms with van der Waals surface area (Å²) >= 11 is 1.63. The van der Waals surface area contributed by atoms with Gasteiger partial charge in [-0.15, -0.1) is 11.3 Å². The summed E-state index contributed by atoms with van der Waals surface area (Å²) in [4.78, 5) is 16.4. The van der Waals surface area contributed by atoms with E-state index in [1.54, 1.807) is 23.5 Å². The molecule has 0 N–H and O–H groups in total. The summed E-state index contributed by atoms with van der Waals surface area (Å²) in [5.41, 5.74) is 1.67. The van der Waals surface area contributed by atoms with Gasteiger partial charge in [0.1, 0.15) is 5.82 Å². The van der Waals surface area contributed by atoms with Crippen LogP contribution in [-0.2, 0) is 17.8 Å². The number of thiophene rings is 1. The van der Waals surface area contributed by atoms with E-state index in [4.69, 9.17) is 4.74 Å². The van der Waals surface area contributed by atoms with Crippen LogP contribution in [0.5, 0.6) is 5.06 Å². The molecule has 1 aromatic carbocycles. The van der Waals surface area contributed by atoms with E-state index in [0.29, 0.717) is 17.9 Å². The minimum Gasteiger partial charge on any atom is -0.452 e. The van der Waals surface area contributed by atoms with E-state index < -0.39 is 6.04 Å². The van der Waals surface area contributed by atoms with Crippen molar-refractivity contribution in [3.8, 4) is 5.06 Å². The summed E-state index contributed by atoms with van der Waals surface area (Å²) in [5, 5.41) is 0.834. The molecular weight excluding hydrogens is 349 g/mol. The minimum atomic E-state index is -0.498. The standard InChI is InChI=1S/C21H22FNO2S/c1-13(2)25-19-11-15-12-23(10-9-18(15)26-19)20(21(24)14-7-8-14)16-5-3-4-6-17(16)22/h3-6,11,14,20H,1,7-10,12H2,2H3. The number of halogens is 1. The maximum atomic E-state index is 14.5. The Morgan fingerprint density at radius 2 is 2.15 bits per heavy atom. The van der Waals surface area contributed by atoms with Crippen molar-refractivity contribution in [2.45, 2.75) is 38.8 Å². The number of hydrogen-bond donors (Lipinski definition) is 0. The molecule has 26 heavy (non-hydrogen) atoms. The number of benzene rings is 1. The lowest BCUT2D eigenvalue weighted by molar-refractivity contribution is -0.126. The van der Waals surface area contributed by atoms with Gasteiger partial charge in [0.05, 0.1) is 11.8 Å². The SMILES string of the molecule is C=C(C)Oc1cc2c(s1)CCN(C(C(=O)C1CC1)c1ccccc1F)C2. The maximum absolute atomic E-state index is 14.5. The molecule has 1 saturated carbocycles. The normalized spacial score (nSPS) is 18.2. The van der Waals surface area contributed by atoms with Gasteiger partial charge < -0.3 is 4.74 Å². The van der Waals surface area contributed by atoms with E-state index in [2.05, 4.69) is 11.5 Å². The Kier molecular flexibility index (Phi) is 4.67. The van der Waals surface area contributed by atoms with Gasteiger partial charge in [0.2, 0.25) is 0 Å². The first-order valence-electron chi connectivity index (χ1n) is 9.00. The first kappa shape index (κ1) is 17.4. The molecule has 0 bridgehead atoms. The largest absolute Gasteiger partial charge is 0.452 e. The summed E-state index contributed by atoms with van der Waals surface area (Å²) in [7, 11) is 0. The Bertz CT molecular complexity index is 855. The number of rotatable bonds is 6. The van der Waals surface area contributed by atoms with Crippen LogP contribution < -0.4 is 4.74 Å². The van der Waals surface area contributed by atoms with Gasteiger partial charge in [0, 0.05) is 29.4 Å². The fraction of sp³-hybridized carbons (Fsp3) is 0.381. The minimum absolute atomic E-state index is 0.0887. The maximum Gasteiger partial charge on any atom is 0.180 e. The number of fused-ring (bicyclic) bond motifs is 1. The highest BCUT2D eigenvalue weighted by atomic mass is 32.1. The number of carbonyl (C=O) groups is 1. The molecule has 1 aliphatic heterocycles. The van der Waals surface area contributed by atoms with Crippen LogP contribution in [0.25, 0.3) is 0 Å². The number of allylic oxidation sites excluding steroid dienone is 1. The van der Waals surface area contributed by atoms with Crippen molar-refractivity contribution in [3.05, 3.63) is 64.5 Å². The Hall–Kier alpha value is -1.98. The summed E-state index contributed by atoms with van der Waals surface area (Å²) in [6.45, 7) is 7.00. The molecule has 1 aliphatic carbocycles. The van der Waals surface area contributed by atoms with E-state index in [0.717, 1.165) is 30.9 Å². The van der Waals surface area contributed by atoms with Crippen LogP contribution in [0.15, 0.2) is 42.7 Å². The average molecular weight is 371 g/mol. The van der Waals surface area contributed by atoms with Gasteiger partial charge in [-0.3, -0.25) is 9.69 Å². The quantitative estimate of drug-likeness (QED) is 0.678. The molecule has 2 aliphatic rings. The summed E-state index contributed by atoms with van der Waals surface area (Å²) < 4.78 is 20.1. The fourth-order valence-electron chi connectivity index (χ4n) is 3.59. The summed E-state index contributed by atoms with van der Waals surface area (Å²) in [6.07, 6.45) is 2.71. The number of ketones is 1.